The van der Waals surface area contributed by atoms with E-state index in [0.717, 1.165) is 16.0 Å². The molecule has 29 heavy (non-hydrogen) atoms. The molecule has 146 valence electrons. The van der Waals surface area contributed by atoms with Crippen LogP contribution in [0.15, 0.2) is 70.6 Å². The molecule has 0 atom stereocenters. The minimum Gasteiger partial charge on any atom is -0.468 e. The second kappa shape index (κ2) is 8.23. The van der Waals surface area contributed by atoms with E-state index in [-0.39, 0.29) is 17.3 Å². The van der Waals surface area contributed by atoms with Crippen molar-refractivity contribution in [2.24, 2.45) is 0 Å². The van der Waals surface area contributed by atoms with Crippen LogP contribution < -0.4 is 5.56 Å². The highest BCUT2D eigenvalue weighted by Crippen LogP contribution is 2.36. The van der Waals surface area contributed by atoms with Crippen LogP contribution in [-0.2, 0) is 9.53 Å². The number of benzene rings is 2. The normalized spacial score (nSPS) is 11.0. The van der Waals surface area contributed by atoms with Gasteiger partial charge in [-0.3, -0.25) is 14.2 Å². The summed E-state index contributed by atoms with van der Waals surface area (Å²) in [5.74, 6) is -0.284. The zero-order valence-electron chi connectivity index (χ0n) is 15.9. The van der Waals surface area contributed by atoms with E-state index in [1.165, 1.54) is 30.2 Å². The number of thioether (sulfide) groups is 1. The van der Waals surface area contributed by atoms with Gasteiger partial charge in [-0.1, -0.05) is 60.3 Å². The van der Waals surface area contributed by atoms with Gasteiger partial charge < -0.3 is 4.74 Å². The van der Waals surface area contributed by atoms with Crippen molar-refractivity contribution in [3.05, 3.63) is 75.9 Å². The smallest absolute Gasteiger partial charge is 0.316 e. The molecule has 0 aliphatic heterocycles. The van der Waals surface area contributed by atoms with Crippen LogP contribution in [0.3, 0.4) is 0 Å². The summed E-state index contributed by atoms with van der Waals surface area (Å²) >= 11 is 2.69. The van der Waals surface area contributed by atoms with E-state index in [4.69, 9.17) is 9.72 Å². The maximum Gasteiger partial charge on any atom is 0.316 e. The number of aryl methyl sites for hydroxylation is 1. The standard InChI is InChI=1S/C22H18N2O3S2/c1-14-18(15-9-5-3-6-10-15)19-20(29-14)23-22(28-13-17(25)27-2)24(21(19)26)16-11-7-4-8-12-16/h3-12H,13H2,1-2H3. The second-order valence-corrected chi connectivity index (χ2v) is 8.46. The number of aromatic nitrogens is 2. The average molecular weight is 423 g/mol. The molecule has 0 aliphatic carbocycles. The number of rotatable bonds is 5. The van der Waals surface area contributed by atoms with Crippen LogP contribution in [0.25, 0.3) is 27.0 Å². The molecule has 2 heterocycles. The first-order valence-electron chi connectivity index (χ1n) is 8.96. The largest absolute Gasteiger partial charge is 0.468 e. The summed E-state index contributed by atoms with van der Waals surface area (Å²) < 4.78 is 6.32. The number of nitrogens with zero attached hydrogens (tertiary/aromatic N) is 2. The Balaban J connectivity index is 1.99. The average Bonchev–Trinajstić information content (AvgIpc) is 3.09. The van der Waals surface area contributed by atoms with Crippen molar-refractivity contribution in [3.63, 3.8) is 0 Å². The molecular formula is C22H18N2O3S2. The number of carbonyl (C=O) groups excluding carboxylic acids is 1. The zero-order valence-corrected chi connectivity index (χ0v) is 17.5. The molecule has 7 heteroatoms. The van der Waals surface area contributed by atoms with E-state index >= 15 is 0 Å². The van der Waals surface area contributed by atoms with Crippen molar-refractivity contribution >= 4 is 39.3 Å². The number of ether oxygens (including phenoxy) is 1. The van der Waals surface area contributed by atoms with Crippen LogP contribution >= 0.6 is 23.1 Å². The summed E-state index contributed by atoms with van der Waals surface area (Å²) in [7, 11) is 1.35. The Morgan fingerprint density at radius 2 is 1.76 bits per heavy atom. The molecule has 0 fully saturated rings. The lowest BCUT2D eigenvalue weighted by molar-refractivity contribution is -0.137. The Labute approximate surface area is 176 Å². The quantitative estimate of drug-likeness (QED) is 0.265. The van der Waals surface area contributed by atoms with Gasteiger partial charge in [-0.05, 0) is 24.6 Å². The third-order valence-electron chi connectivity index (χ3n) is 4.49. The topological polar surface area (TPSA) is 61.2 Å². The van der Waals surface area contributed by atoms with Gasteiger partial charge in [0, 0.05) is 10.4 Å². The third-order valence-corrected chi connectivity index (χ3v) is 6.41. The molecule has 0 aliphatic rings. The number of para-hydroxylation sites is 1. The molecule has 0 bridgehead atoms. The summed E-state index contributed by atoms with van der Waals surface area (Å²) in [6, 6.07) is 19.2. The van der Waals surface area contributed by atoms with Crippen molar-refractivity contribution in [2.45, 2.75) is 12.1 Å². The van der Waals surface area contributed by atoms with Gasteiger partial charge >= 0.3 is 5.97 Å². The lowest BCUT2D eigenvalue weighted by atomic mass is 10.0. The first-order chi connectivity index (χ1) is 14.1. The van der Waals surface area contributed by atoms with Gasteiger partial charge in [0.05, 0.1) is 23.9 Å². The number of hydrogen-bond acceptors (Lipinski definition) is 6. The van der Waals surface area contributed by atoms with Gasteiger partial charge in [-0.2, -0.15) is 0 Å². The van der Waals surface area contributed by atoms with E-state index in [2.05, 4.69) is 0 Å². The Morgan fingerprint density at radius 3 is 2.41 bits per heavy atom. The van der Waals surface area contributed by atoms with Crippen LogP contribution in [0.5, 0.6) is 0 Å². The second-order valence-electron chi connectivity index (χ2n) is 6.31. The van der Waals surface area contributed by atoms with Crippen LogP contribution in [0, 0.1) is 6.92 Å². The summed E-state index contributed by atoms with van der Waals surface area (Å²) in [5.41, 5.74) is 2.47. The van der Waals surface area contributed by atoms with Crippen LogP contribution in [0.1, 0.15) is 4.88 Å². The molecule has 5 nitrogen and oxygen atoms in total. The van der Waals surface area contributed by atoms with Crippen LogP contribution in [0.2, 0.25) is 0 Å². The Hall–Kier alpha value is -2.90. The van der Waals surface area contributed by atoms with Crippen molar-refractivity contribution in [1.29, 1.82) is 0 Å². The SMILES string of the molecule is COC(=O)CSc1nc2sc(C)c(-c3ccccc3)c2c(=O)n1-c1ccccc1. The van der Waals surface area contributed by atoms with Crippen molar-refractivity contribution in [1.82, 2.24) is 9.55 Å². The fourth-order valence-electron chi connectivity index (χ4n) is 3.18. The summed E-state index contributed by atoms with van der Waals surface area (Å²) in [6.45, 7) is 2.00. The Bertz CT molecular complexity index is 1230. The summed E-state index contributed by atoms with van der Waals surface area (Å²) in [5, 5.41) is 1.07. The molecular weight excluding hydrogens is 404 g/mol. The third kappa shape index (κ3) is 3.71. The minimum absolute atomic E-state index is 0.0805. The first kappa shape index (κ1) is 19.4. The maximum absolute atomic E-state index is 13.7. The van der Waals surface area contributed by atoms with Crippen LogP contribution in [-0.4, -0.2) is 28.4 Å². The lowest BCUT2D eigenvalue weighted by Gasteiger charge is -2.12. The number of methoxy groups -OCH3 is 1. The molecule has 4 rings (SSSR count). The van der Waals surface area contributed by atoms with E-state index in [1.54, 1.807) is 4.57 Å². The number of fused-ring (bicyclic) bond motifs is 1. The van der Waals surface area contributed by atoms with Crippen molar-refractivity contribution < 1.29 is 9.53 Å². The molecule has 0 saturated carbocycles. The number of hydrogen-bond donors (Lipinski definition) is 0. The molecule has 0 amide bonds. The van der Waals surface area contributed by atoms with Gasteiger partial charge in [0.2, 0.25) is 0 Å². The van der Waals surface area contributed by atoms with E-state index in [9.17, 15) is 9.59 Å². The predicted molar refractivity (Wildman–Crippen MR) is 118 cm³/mol. The molecule has 0 saturated heterocycles. The molecule has 0 spiro atoms. The number of thiophene rings is 1. The highest BCUT2D eigenvalue weighted by molar-refractivity contribution is 7.99. The fraction of sp³-hybridized carbons (Fsp3) is 0.136. The molecule has 0 unspecified atom stereocenters. The van der Waals surface area contributed by atoms with Gasteiger partial charge in [0.25, 0.3) is 5.56 Å². The highest BCUT2D eigenvalue weighted by Gasteiger charge is 2.21. The maximum atomic E-state index is 13.7. The highest BCUT2D eigenvalue weighted by atomic mass is 32.2. The zero-order chi connectivity index (χ0) is 20.4. The first-order valence-corrected chi connectivity index (χ1v) is 10.8. The molecule has 2 aromatic carbocycles. The van der Waals surface area contributed by atoms with Gasteiger partial charge in [0.15, 0.2) is 5.16 Å². The summed E-state index contributed by atoms with van der Waals surface area (Å²) in [4.78, 5) is 31.8. The lowest BCUT2D eigenvalue weighted by Crippen LogP contribution is -2.22. The van der Waals surface area contributed by atoms with Crippen molar-refractivity contribution in [3.8, 4) is 16.8 Å². The predicted octanol–water partition coefficient (Wildman–Crippen LogP) is 4.69. The monoisotopic (exact) mass is 422 g/mol. The molecule has 2 aromatic heterocycles. The molecule has 0 N–H and O–H groups in total. The summed E-state index contributed by atoms with van der Waals surface area (Å²) in [6.07, 6.45) is 0. The fourth-order valence-corrected chi connectivity index (χ4v) is 5.11. The van der Waals surface area contributed by atoms with E-state index in [1.807, 2.05) is 67.6 Å². The van der Waals surface area contributed by atoms with E-state index < -0.39 is 0 Å². The molecule has 0 radical (unpaired) electrons. The Morgan fingerprint density at radius 1 is 1.10 bits per heavy atom. The number of carbonyl (C=O) groups is 1. The van der Waals surface area contributed by atoms with Crippen molar-refractivity contribution in [2.75, 3.05) is 12.9 Å². The van der Waals surface area contributed by atoms with Gasteiger partial charge in [0.1, 0.15) is 4.83 Å². The van der Waals surface area contributed by atoms with Gasteiger partial charge in [-0.25, -0.2) is 4.98 Å². The van der Waals surface area contributed by atoms with E-state index in [0.29, 0.717) is 21.1 Å². The van der Waals surface area contributed by atoms with Crippen LogP contribution in [0.4, 0.5) is 0 Å². The number of esters is 1. The Kier molecular flexibility index (Phi) is 5.51. The minimum atomic E-state index is -0.365. The van der Waals surface area contributed by atoms with Gasteiger partial charge in [-0.15, -0.1) is 11.3 Å². The molecule has 4 aromatic rings.